The molecule has 0 fully saturated rings. The predicted molar refractivity (Wildman–Crippen MR) is 133 cm³/mol. The highest BCUT2D eigenvalue weighted by Crippen LogP contribution is 2.37. The Hall–Kier alpha value is -1.94. The highest BCUT2D eigenvalue weighted by atomic mass is 32.2. The molecule has 2 aliphatic rings. The largest absolute Gasteiger partial charge is 0.487 e. The molecule has 0 aromatic heterocycles. The van der Waals surface area contributed by atoms with Crippen molar-refractivity contribution in [3.8, 4) is 5.75 Å². The van der Waals surface area contributed by atoms with E-state index in [1.165, 1.54) is 16.3 Å². The predicted octanol–water partition coefficient (Wildman–Crippen LogP) is 2.43. The summed E-state index contributed by atoms with van der Waals surface area (Å²) >= 11 is 0. The summed E-state index contributed by atoms with van der Waals surface area (Å²) in [5, 5.41) is 9.80. The van der Waals surface area contributed by atoms with Gasteiger partial charge in [-0.3, -0.25) is 4.79 Å². The molecule has 1 aromatic carbocycles. The number of rotatable bonds is 7. The number of amides is 1. The molecule has 0 bridgehead atoms. The zero-order chi connectivity index (χ0) is 25.0. The first-order valence-corrected chi connectivity index (χ1v) is 13.5. The number of ether oxygens (including phenoxy) is 1. The minimum absolute atomic E-state index is 0.0302. The Bertz CT molecular complexity index is 1010. The first kappa shape index (κ1) is 26.7. The number of aliphatic hydroxyl groups excluding tert-OH is 1. The van der Waals surface area contributed by atoms with Crippen LogP contribution in [0.15, 0.2) is 29.2 Å². The lowest BCUT2D eigenvalue weighted by Crippen LogP contribution is -2.50. The van der Waals surface area contributed by atoms with Crippen LogP contribution in [-0.2, 0) is 14.8 Å². The molecular weight excluding hydrogens is 454 g/mol. The van der Waals surface area contributed by atoms with Crippen molar-refractivity contribution in [1.82, 2.24) is 14.1 Å². The molecule has 1 aliphatic heterocycles. The molecular formula is C25H39N3O5S. The Kier molecular flexibility index (Phi) is 8.78. The highest BCUT2D eigenvalue weighted by Gasteiger charge is 2.38. The van der Waals surface area contributed by atoms with E-state index in [1.54, 1.807) is 24.9 Å². The van der Waals surface area contributed by atoms with Crippen LogP contribution in [-0.4, -0.2) is 93.1 Å². The Morgan fingerprint density at radius 2 is 2.00 bits per heavy atom. The van der Waals surface area contributed by atoms with Crippen molar-refractivity contribution in [2.24, 2.45) is 5.92 Å². The third-order valence-electron chi connectivity index (χ3n) is 6.66. The molecule has 1 aromatic rings. The van der Waals surface area contributed by atoms with E-state index < -0.39 is 22.2 Å². The summed E-state index contributed by atoms with van der Waals surface area (Å²) < 4.78 is 35.0. The zero-order valence-corrected chi connectivity index (χ0v) is 21.8. The first-order chi connectivity index (χ1) is 16.0. The van der Waals surface area contributed by atoms with E-state index in [9.17, 15) is 18.3 Å². The van der Waals surface area contributed by atoms with Crippen LogP contribution in [0.2, 0.25) is 0 Å². The summed E-state index contributed by atoms with van der Waals surface area (Å²) in [5.41, 5.74) is 2.18. The number of carbonyl (C=O) groups is 1. The lowest BCUT2D eigenvalue weighted by Gasteiger charge is -2.37. The van der Waals surface area contributed by atoms with Gasteiger partial charge in [-0.15, -0.1) is 0 Å². The molecule has 1 amide bonds. The number of hydrogen-bond acceptors (Lipinski definition) is 6. The van der Waals surface area contributed by atoms with Crippen LogP contribution >= 0.6 is 0 Å². The smallest absolute Gasteiger partial charge is 0.247 e. The van der Waals surface area contributed by atoms with Crippen molar-refractivity contribution in [2.45, 2.75) is 56.6 Å². The number of fused-ring (bicyclic) bond motifs is 1. The second kappa shape index (κ2) is 11.2. The van der Waals surface area contributed by atoms with Gasteiger partial charge in [-0.2, -0.15) is 4.31 Å². The summed E-state index contributed by atoms with van der Waals surface area (Å²) in [6.07, 6.45) is 6.07. The van der Waals surface area contributed by atoms with Crippen LogP contribution in [0.5, 0.6) is 5.75 Å². The third kappa shape index (κ3) is 6.00. The van der Waals surface area contributed by atoms with Crippen LogP contribution in [0.4, 0.5) is 0 Å². The van der Waals surface area contributed by atoms with E-state index in [1.807, 2.05) is 38.1 Å². The fraction of sp³-hybridized carbons (Fsp3) is 0.640. The number of sulfonamides is 1. The number of nitrogens with zero attached hydrogens (tertiary/aromatic N) is 3. The quantitative estimate of drug-likeness (QED) is 0.628. The molecule has 3 atom stereocenters. The minimum atomic E-state index is -3.88. The van der Waals surface area contributed by atoms with E-state index in [-0.39, 0.29) is 36.4 Å². The molecule has 0 radical (unpaired) electrons. The maximum absolute atomic E-state index is 13.6. The van der Waals surface area contributed by atoms with E-state index >= 15 is 0 Å². The molecule has 1 N–H and O–H groups in total. The van der Waals surface area contributed by atoms with Crippen LogP contribution in [0.1, 0.15) is 45.1 Å². The number of likely N-dealkylation sites (N-methyl/N-ethyl adjacent to an activating group) is 2. The van der Waals surface area contributed by atoms with E-state index in [0.29, 0.717) is 12.3 Å². The van der Waals surface area contributed by atoms with Gasteiger partial charge in [-0.25, -0.2) is 8.42 Å². The van der Waals surface area contributed by atoms with Gasteiger partial charge in [0.15, 0.2) is 0 Å². The summed E-state index contributed by atoms with van der Waals surface area (Å²) in [6, 6.07) is 4.73. The highest BCUT2D eigenvalue weighted by molar-refractivity contribution is 7.89. The molecule has 190 valence electrons. The molecule has 1 heterocycles. The van der Waals surface area contributed by atoms with Crippen molar-refractivity contribution in [3.05, 3.63) is 29.8 Å². The van der Waals surface area contributed by atoms with E-state index in [4.69, 9.17) is 4.74 Å². The summed E-state index contributed by atoms with van der Waals surface area (Å²) in [5.74, 6) is 0.0746. The standard InChI is InChI=1S/C25H39N3O5S/c1-18-14-28(19(2)17-29)34(31,32)24-12-11-21(20-9-7-6-8-10-20)13-22(24)33-23(18)15-27(5)25(30)16-26(3)4/h9,11-13,18-19,23,29H,6-8,10,14-17H2,1-5H3/t18-,19-,23-/m1/s1. The molecule has 0 saturated heterocycles. The van der Waals surface area contributed by atoms with Gasteiger partial charge in [0.1, 0.15) is 16.7 Å². The number of benzene rings is 1. The molecule has 0 unspecified atom stereocenters. The Morgan fingerprint density at radius 1 is 1.26 bits per heavy atom. The van der Waals surface area contributed by atoms with Crippen LogP contribution in [0.25, 0.3) is 5.57 Å². The van der Waals surface area contributed by atoms with Crippen molar-refractivity contribution >= 4 is 21.5 Å². The zero-order valence-electron chi connectivity index (χ0n) is 21.0. The van der Waals surface area contributed by atoms with Gasteiger partial charge >= 0.3 is 0 Å². The molecule has 34 heavy (non-hydrogen) atoms. The van der Waals surface area contributed by atoms with Gasteiger partial charge in [-0.1, -0.05) is 19.1 Å². The van der Waals surface area contributed by atoms with E-state index in [0.717, 1.165) is 24.8 Å². The molecule has 9 heteroatoms. The fourth-order valence-electron chi connectivity index (χ4n) is 4.51. The molecule has 8 nitrogen and oxygen atoms in total. The average molecular weight is 494 g/mol. The Balaban J connectivity index is 2.03. The van der Waals surface area contributed by atoms with Crippen molar-refractivity contribution < 1.29 is 23.1 Å². The van der Waals surface area contributed by atoms with Gasteiger partial charge in [0.25, 0.3) is 0 Å². The third-order valence-corrected chi connectivity index (χ3v) is 8.68. The average Bonchev–Trinajstić information content (AvgIpc) is 2.80. The molecule has 3 rings (SSSR count). The number of hydrogen-bond donors (Lipinski definition) is 1. The summed E-state index contributed by atoms with van der Waals surface area (Å²) in [4.78, 5) is 16.2. The minimum Gasteiger partial charge on any atom is -0.487 e. The number of allylic oxidation sites excluding steroid dienone is 2. The van der Waals surface area contributed by atoms with Gasteiger partial charge in [0, 0.05) is 25.6 Å². The van der Waals surface area contributed by atoms with Gasteiger partial charge in [-0.05, 0) is 70.0 Å². The van der Waals surface area contributed by atoms with Crippen LogP contribution in [0, 0.1) is 5.92 Å². The van der Waals surface area contributed by atoms with Crippen molar-refractivity contribution in [2.75, 3.05) is 47.4 Å². The maximum Gasteiger partial charge on any atom is 0.247 e. The topological polar surface area (TPSA) is 90.4 Å². The first-order valence-electron chi connectivity index (χ1n) is 12.1. The molecule has 1 aliphatic carbocycles. The van der Waals surface area contributed by atoms with Crippen LogP contribution < -0.4 is 4.74 Å². The van der Waals surface area contributed by atoms with Crippen molar-refractivity contribution in [3.63, 3.8) is 0 Å². The van der Waals surface area contributed by atoms with E-state index in [2.05, 4.69) is 6.08 Å². The SMILES string of the molecule is C[C@@H]1CN([C@H](C)CO)S(=O)(=O)c2ccc(C3=CCCCC3)cc2O[C@@H]1CN(C)C(=O)CN(C)C. The summed E-state index contributed by atoms with van der Waals surface area (Å²) in [6.45, 7) is 4.17. The van der Waals surface area contributed by atoms with Crippen molar-refractivity contribution in [1.29, 1.82) is 0 Å². The lowest BCUT2D eigenvalue weighted by atomic mass is 9.93. The van der Waals surface area contributed by atoms with Gasteiger partial charge in [0.2, 0.25) is 15.9 Å². The summed E-state index contributed by atoms with van der Waals surface area (Å²) in [7, 11) is 1.56. The van der Waals surface area contributed by atoms with Gasteiger partial charge in [0.05, 0.1) is 19.7 Å². The Morgan fingerprint density at radius 3 is 2.62 bits per heavy atom. The normalized spacial score (nSPS) is 23.8. The molecule has 0 spiro atoms. The Labute approximate surface area is 204 Å². The lowest BCUT2D eigenvalue weighted by molar-refractivity contribution is -0.132. The fourth-order valence-corrected chi connectivity index (χ4v) is 6.33. The number of carbonyl (C=O) groups excluding carboxylic acids is 1. The second-order valence-electron chi connectivity index (χ2n) is 9.89. The molecule has 0 saturated carbocycles. The second-order valence-corrected chi connectivity index (χ2v) is 11.7. The van der Waals surface area contributed by atoms with Gasteiger partial charge < -0.3 is 19.6 Å². The maximum atomic E-state index is 13.6. The monoisotopic (exact) mass is 493 g/mol. The van der Waals surface area contributed by atoms with Crippen LogP contribution in [0.3, 0.4) is 0 Å². The number of aliphatic hydroxyl groups is 1.